The highest BCUT2D eigenvalue weighted by Crippen LogP contribution is 2.39. The van der Waals surface area contributed by atoms with Crippen LogP contribution in [0.15, 0.2) is 39.9 Å². The molecule has 1 saturated carbocycles. The van der Waals surface area contributed by atoms with Crippen molar-refractivity contribution in [2.75, 3.05) is 6.54 Å². The van der Waals surface area contributed by atoms with Crippen molar-refractivity contribution in [1.82, 2.24) is 19.9 Å². The molecular formula is C22H22F2N4O4. The molecule has 32 heavy (non-hydrogen) atoms. The van der Waals surface area contributed by atoms with Gasteiger partial charge in [-0.15, -0.1) is 0 Å². The third-order valence-electron chi connectivity index (χ3n) is 5.37. The minimum absolute atomic E-state index is 0.0600. The first-order valence-corrected chi connectivity index (χ1v) is 10.4. The van der Waals surface area contributed by atoms with Gasteiger partial charge in [0.15, 0.2) is 5.65 Å². The zero-order valence-corrected chi connectivity index (χ0v) is 17.4. The quantitative estimate of drug-likeness (QED) is 0.556. The van der Waals surface area contributed by atoms with Gasteiger partial charge in [0.1, 0.15) is 5.75 Å². The fraction of sp³-hybridized carbons (Fsp3) is 0.364. The zero-order valence-electron chi connectivity index (χ0n) is 17.4. The van der Waals surface area contributed by atoms with Gasteiger partial charge in [0.2, 0.25) is 0 Å². The van der Waals surface area contributed by atoms with Crippen molar-refractivity contribution in [3.05, 3.63) is 68.0 Å². The number of aromatic nitrogens is 3. The van der Waals surface area contributed by atoms with Crippen molar-refractivity contribution in [3.63, 3.8) is 0 Å². The molecule has 1 aromatic carbocycles. The number of H-pyrrole nitrogens is 1. The van der Waals surface area contributed by atoms with Gasteiger partial charge >= 0.3 is 12.3 Å². The highest BCUT2D eigenvalue weighted by Gasteiger charge is 2.28. The van der Waals surface area contributed by atoms with Crippen LogP contribution in [-0.2, 0) is 13.0 Å². The average Bonchev–Trinajstić information content (AvgIpc) is 3.59. The molecule has 0 atom stereocenters. The van der Waals surface area contributed by atoms with Gasteiger partial charge in [0.05, 0.1) is 10.9 Å². The first-order chi connectivity index (χ1) is 15.4. The van der Waals surface area contributed by atoms with Crippen LogP contribution in [0, 0.1) is 0 Å². The fourth-order valence-electron chi connectivity index (χ4n) is 3.61. The molecule has 0 bridgehead atoms. The molecule has 1 fully saturated rings. The van der Waals surface area contributed by atoms with Crippen LogP contribution in [0.5, 0.6) is 5.75 Å². The fourth-order valence-corrected chi connectivity index (χ4v) is 3.61. The number of amides is 1. The summed E-state index contributed by atoms with van der Waals surface area (Å²) in [7, 11) is 0. The number of hydrogen-bond donors (Lipinski definition) is 2. The summed E-state index contributed by atoms with van der Waals surface area (Å²) in [5.74, 6) is -0.159. The van der Waals surface area contributed by atoms with Crippen LogP contribution in [0.4, 0.5) is 8.78 Å². The van der Waals surface area contributed by atoms with Gasteiger partial charge in [-0.3, -0.25) is 19.1 Å². The lowest BCUT2D eigenvalue weighted by molar-refractivity contribution is -0.0498. The van der Waals surface area contributed by atoms with Crippen molar-refractivity contribution in [2.24, 2.45) is 0 Å². The van der Waals surface area contributed by atoms with Gasteiger partial charge in [0.25, 0.3) is 11.5 Å². The predicted octanol–water partition coefficient (Wildman–Crippen LogP) is 2.56. The molecule has 1 amide bonds. The van der Waals surface area contributed by atoms with Crippen molar-refractivity contribution < 1.29 is 18.3 Å². The van der Waals surface area contributed by atoms with Gasteiger partial charge in [-0.05, 0) is 49.9 Å². The van der Waals surface area contributed by atoms with Crippen molar-refractivity contribution >= 4 is 16.9 Å². The van der Waals surface area contributed by atoms with Crippen molar-refractivity contribution in [1.29, 1.82) is 0 Å². The number of pyridine rings is 1. The number of nitrogens with zero attached hydrogens (tertiary/aromatic N) is 2. The van der Waals surface area contributed by atoms with E-state index in [0.29, 0.717) is 18.7 Å². The van der Waals surface area contributed by atoms with E-state index in [1.54, 1.807) is 25.1 Å². The van der Waals surface area contributed by atoms with Crippen LogP contribution < -0.4 is 21.3 Å². The average molecular weight is 444 g/mol. The summed E-state index contributed by atoms with van der Waals surface area (Å²) in [6.07, 6.45) is 2.35. The molecule has 8 nitrogen and oxygen atoms in total. The number of carbonyl (C=O) groups is 1. The van der Waals surface area contributed by atoms with E-state index >= 15 is 0 Å². The molecule has 0 unspecified atom stereocenters. The van der Waals surface area contributed by atoms with E-state index in [2.05, 4.69) is 20.0 Å². The highest BCUT2D eigenvalue weighted by atomic mass is 19.3. The zero-order chi connectivity index (χ0) is 22.8. The van der Waals surface area contributed by atoms with E-state index in [-0.39, 0.29) is 34.8 Å². The molecule has 4 rings (SSSR count). The second kappa shape index (κ2) is 8.89. The molecule has 2 N–H and O–H groups in total. The summed E-state index contributed by atoms with van der Waals surface area (Å²) in [6, 6.07) is 7.78. The number of halogens is 2. The Morgan fingerprint density at radius 1 is 1.28 bits per heavy atom. The molecular weight excluding hydrogens is 422 g/mol. The summed E-state index contributed by atoms with van der Waals surface area (Å²) >= 11 is 0. The summed E-state index contributed by atoms with van der Waals surface area (Å²) in [4.78, 5) is 44.5. The number of carbonyl (C=O) groups excluding carboxylic acids is 1. The van der Waals surface area contributed by atoms with E-state index in [1.807, 2.05) is 0 Å². The molecule has 1 aliphatic carbocycles. The van der Waals surface area contributed by atoms with E-state index < -0.39 is 23.8 Å². The Kier molecular flexibility index (Phi) is 6.02. The molecule has 2 heterocycles. The number of aryl methyl sites for hydroxylation is 1. The lowest BCUT2D eigenvalue weighted by atomic mass is 10.1. The van der Waals surface area contributed by atoms with Gasteiger partial charge < -0.3 is 10.1 Å². The van der Waals surface area contributed by atoms with Crippen LogP contribution >= 0.6 is 0 Å². The maximum absolute atomic E-state index is 13.0. The molecule has 3 aromatic rings. The predicted molar refractivity (Wildman–Crippen MR) is 113 cm³/mol. The minimum Gasteiger partial charge on any atom is -0.435 e. The molecule has 10 heteroatoms. The largest absolute Gasteiger partial charge is 0.435 e. The van der Waals surface area contributed by atoms with Crippen LogP contribution in [-0.4, -0.2) is 33.6 Å². The Morgan fingerprint density at radius 2 is 2.00 bits per heavy atom. The van der Waals surface area contributed by atoms with Crippen molar-refractivity contribution in [2.45, 2.75) is 45.3 Å². The highest BCUT2D eigenvalue weighted by molar-refractivity contribution is 6.05. The van der Waals surface area contributed by atoms with E-state index in [9.17, 15) is 23.2 Å². The second-order valence-electron chi connectivity index (χ2n) is 7.60. The number of benzene rings is 1. The van der Waals surface area contributed by atoms with Gasteiger partial charge in [-0.1, -0.05) is 12.1 Å². The normalized spacial score (nSPS) is 13.5. The third-order valence-corrected chi connectivity index (χ3v) is 5.37. The van der Waals surface area contributed by atoms with Gasteiger partial charge in [-0.2, -0.15) is 8.78 Å². The molecule has 0 aliphatic heterocycles. The third kappa shape index (κ3) is 4.53. The van der Waals surface area contributed by atoms with Crippen LogP contribution in [0.2, 0.25) is 0 Å². The van der Waals surface area contributed by atoms with E-state index in [1.165, 1.54) is 16.7 Å². The molecule has 1 aliphatic rings. The number of fused-ring (bicyclic) bond motifs is 1. The maximum Gasteiger partial charge on any atom is 0.387 e. The molecule has 2 aromatic heterocycles. The van der Waals surface area contributed by atoms with Gasteiger partial charge in [0, 0.05) is 24.7 Å². The SMILES string of the molecule is CCn1c(=O)[nH]c(=O)c2c(C(=O)NCCc3ccc(OC(F)F)cc3)cc(C3CC3)nc21. The topological polar surface area (TPSA) is 106 Å². The lowest BCUT2D eigenvalue weighted by Gasteiger charge is -2.12. The van der Waals surface area contributed by atoms with Crippen LogP contribution in [0.1, 0.15) is 47.3 Å². The van der Waals surface area contributed by atoms with E-state index in [0.717, 1.165) is 18.4 Å². The number of alkyl halides is 2. The molecule has 0 saturated heterocycles. The number of rotatable bonds is 8. The van der Waals surface area contributed by atoms with Crippen LogP contribution in [0.3, 0.4) is 0 Å². The first-order valence-electron chi connectivity index (χ1n) is 10.4. The Bertz CT molecular complexity index is 1260. The summed E-state index contributed by atoms with van der Waals surface area (Å²) in [6.45, 7) is -0.549. The number of nitrogens with one attached hydrogen (secondary N) is 2. The molecule has 0 spiro atoms. The smallest absolute Gasteiger partial charge is 0.387 e. The lowest BCUT2D eigenvalue weighted by Crippen LogP contribution is -2.33. The standard InChI is InChI=1S/C22H22F2N4O4/c1-2-28-18-17(20(30)27-22(28)31)15(11-16(26-18)13-5-6-13)19(29)25-10-9-12-3-7-14(8-4-12)32-21(23)24/h3-4,7-8,11,13,21H,2,5-6,9-10H2,1H3,(H,25,29)(H,27,30,31). The maximum atomic E-state index is 13.0. The Labute approximate surface area is 181 Å². The summed E-state index contributed by atoms with van der Waals surface area (Å²) in [5, 5.41) is 2.88. The number of ether oxygens (including phenoxy) is 1. The molecule has 168 valence electrons. The second-order valence-corrected chi connectivity index (χ2v) is 7.60. The Hall–Kier alpha value is -3.56. The first kappa shape index (κ1) is 21.7. The summed E-state index contributed by atoms with van der Waals surface area (Å²) in [5.41, 5.74) is 0.708. The van der Waals surface area contributed by atoms with Crippen LogP contribution in [0.25, 0.3) is 11.0 Å². The Morgan fingerprint density at radius 3 is 2.62 bits per heavy atom. The van der Waals surface area contributed by atoms with Crippen molar-refractivity contribution in [3.8, 4) is 5.75 Å². The number of hydrogen-bond acceptors (Lipinski definition) is 5. The van der Waals surface area contributed by atoms with Gasteiger partial charge in [-0.25, -0.2) is 9.78 Å². The number of aromatic amines is 1. The minimum atomic E-state index is -2.89. The monoisotopic (exact) mass is 444 g/mol. The molecule has 0 radical (unpaired) electrons. The Balaban J connectivity index is 1.56. The van der Waals surface area contributed by atoms with E-state index in [4.69, 9.17) is 0 Å². The summed E-state index contributed by atoms with van der Waals surface area (Å²) < 4.78 is 30.2.